The second-order valence-electron chi connectivity index (χ2n) is 5.77. The van der Waals surface area contributed by atoms with Crippen LogP contribution in [0.4, 0.5) is 10.8 Å². The summed E-state index contributed by atoms with van der Waals surface area (Å²) in [5.41, 5.74) is 1.20. The molecule has 3 rings (SSSR count). The number of benzene rings is 1. The summed E-state index contributed by atoms with van der Waals surface area (Å²) < 4.78 is 0.688. The summed E-state index contributed by atoms with van der Waals surface area (Å²) in [6.45, 7) is 4.91. The number of anilines is 2. The maximum Gasteiger partial charge on any atom is 0.233 e. The van der Waals surface area contributed by atoms with Crippen molar-refractivity contribution in [3.8, 4) is 0 Å². The van der Waals surface area contributed by atoms with Gasteiger partial charge in [-0.25, -0.2) is 0 Å². The van der Waals surface area contributed by atoms with Gasteiger partial charge in [0, 0.05) is 38.3 Å². The van der Waals surface area contributed by atoms with Crippen molar-refractivity contribution < 1.29 is 9.59 Å². The topological polar surface area (TPSA) is 78.4 Å². The summed E-state index contributed by atoms with van der Waals surface area (Å²) in [5.74, 6) is 0.351. The monoisotopic (exact) mass is 391 g/mol. The molecule has 1 N–H and O–H groups in total. The lowest BCUT2D eigenvalue weighted by Crippen LogP contribution is -2.49. The molecular weight excluding hydrogens is 370 g/mol. The smallest absolute Gasteiger partial charge is 0.233 e. The molecule has 1 aromatic carbocycles. The van der Waals surface area contributed by atoms with Crippen molar-refractivity contribution in [1.82, 2.24) is 15.1 Å². The van der Waals surface area contributed by atoms with E-state index in [2.05, 4.69) is 32.5 Å². The van der Waals surface area contributed by atoms with Crippen LogP contribution in [0.25, 0.3) is 0 Å². The van der Waals surface area contributed by atoms with E-state index in [1.54, 1.807) is 6.92 Å². The van der Waals surface area contributed by atoms with Crippen molar-refractivity contribution in [2.45, 2.75) is 17.7 Å². The maximum atomic E-state index is 12.4. The Hall–Kier alpha value is -2.13. The van der Waals surface area contributed by atoms with Crippen LogP contribution in [0.2, 0.25) is 0 Å². The normalized spacial score (nSPS) is 14.3. The van der Waals surface area contributed by atoms with Crippen LogP contribution in [0.5, 0.6) is 0 Å². The van der Waals surface area contributed by atoms with Crippen LogP contribution in [0.3, 0.4) is 0 Å². The van der Waals surface area contributed by atoms with Crippen LogP contribution in [0, 0.1) is 0 Å². The lowest BCUT2D eigenvalue weighted by molar-refractivity contribution is -0.128. The highest BCUT2D eigenvalue weighted by Gasteiger charge is 2.21. The number of thioether (sulfide) groups is 1. The van der Waals surface area contributed by atoms with Crippen molar-refractivity contribution in [3.63, 3.8) is 0 Å². The molecule has 1 saturated heterocycles. The molecule has 0 radical (unpaired) electrons. The Morgan fingerprint density at radius 1 is 1.15 bits per heavy atom. The van der Waals surface area contributed by atoms with E-state index < -0.39 is 0 Å². The number of nitrogens with one attached hydrogen (secondary N) is 1. The van der Waals surface area contributed by atoms with Crippen LogP contribution >= 0.6 is 23.1 Å². The van der Waals surface area contributed by atoms with Crippen LogP contribution < -0.4 is 10.2 Å². The fraction of sp³-hybridized carbons (Fsp3) is 0.412. The van der Waals surface area contributed by atoms with Gasteiger partial charge in [0.25, 0.3) is 0 Å². The summed E-state index contributed by atoms with van der Waals surface area (Å²) >= 11 is 2.66. The first kappa shape index (κ1) is 18.7. The number of carbonyl (C=O) groups excluding carboxylic acids is 2. The standard InChI is InChI=1S/C17H21N5O2S2/c1-2-14(23)18-16-19-20-17(26-16)25-12-15(24)22-10-8-21(9-11-22)13-6-4-3-5-7-13/h3-7H,2,8-12H2,1H3,(H,18,19,23). The fourth-order valence-corrected chi connectivity index (χ4v) is 4.26. The molecule has 0 spiro atoms. The second kappa shape index (κ2) is 9.00. The second-order valence-corrected chi connectivity index (χ2v) is 7.97. The summed E-state index contributed by atoms with van der Waals surface area (Å²) in [5, 5.41) is 11.1. The number of hydrogen-bond acceptors (Lipinski definition) is 7. The molecule has 0 unspecified atom stereocenters. The summed E-state index contributed by atoms with van der Waals surface area (Å²) in [6, 6.07) is 10.3. The molecule has 1 aliphatic rings. The number of aromatic nitrogens is 2. The van der Waals surface area contributed by atoms with Gasteiger partial charge in [-0.2, -0.15) is 0 Å². The number of rotatable bonds is 6. The van der Waals surface area contributed by atoms with Crippen molar-refractivity contribution in [3.05, 3.63) is 30.3 Å². The van der Waals surface area contributed by atoms with Crippen LogP contribution in [-0.4, -0.2) is 58.8 Å². The van der Waals surface area contributed by atoms with Crippen molar-refractivity contribution in [2.75, 3.05) is 42.1 Å². The van der Waals surface area contributed by atoms with E-state index in [0.29, 0.717) is 21.6 Å². The minimum Gasteiger partial charge on any atom is -0.368 e. The minimum atomic E-state index is -0.0925. The zero-order valence-corrected chi connectivity index (χ0v) is 16.2. The Balaban J connectivity index is 1.44. The highest BCUT2D eigenvalue weighted by atomic mass is 32.2. The van der Waals surface area contributed by atoms with Gasteiger partial charge in [0.2, 0.25) is 16.9 Å². The predicted octanol–water partition coefficient (Wildman–Crippen LogP) is 2.33. The van der Waals surface area contributed by atoms with E-state index in [1.165, 1.54) is 28.8 Å². The molecule has 2 heterocycles. The van der Waals surface area contributed by atoms with Gasteiger partial charge in [0.15, 0.2) is 4.34 Å². The zero-order chi connectivity index (χ0) is 18.4. The summed E-state index contributed by atoms with van der Waals surface area (Å²) in [7, 11) is 0. The number of carbonyl (C=O) groups is 2. The molecule has 2 amide bonds. The van der Waals surface area contributed by atoms with Crippen LogP contribution in [0.15, 0.2) is 34.7 Å². The lowest BCUT2D eigenvalue weighted by atomic mass is 10.2. The molecule has 1 aromatic heterocycles. The first-order chi connectivity index (χ1) is 12.7. The van der Waals surface area contributed by atoms with Gasteiger partial charge in [0.05, 0.1) is 5.75 Å². The molecule has 7 nitrogen and oxygen atoms in total. The van der Waals surface area contributed by atoms with E-state index in [-0.39, 0.29) is 11.8 Å². The molecule has 0 atom stereocenters. The van der Waals surface area contributed by atoms with Crippen LogP contribution in [0.1, 0.15) is 13.3 Å². The molecule has 26 heavy (non-hydrogen) atoms. The van der Waals surface area contributed by atoms with E-state index in [0.717, 1.165) is 26.2 Å². The molecule has 1 aliphatic heterocycles. The SMILES string of the molecule is CCC(=O)Nc1nnc(SCC(=O)N2CCN(c3ccccc3)CC2)s1. The molecule has 0 aliphatic carbocycles. The molecule has 0 saturated carbocycles. The van der Waals surface area contributed by atoms with Crippen LogP contribution in [-0.2, 0) is 9.59 Å². The lowest BCUT2D eigenvalue weighted by Gasteiger charge is -2.36. The average molecular weight is 392 g/mol. The molecule has 138 valence electrons. The Kier molecular flexibility index (Phi) is 6.45. The molecule has 2 aromatic rings. The van der Waals surface area contributed by atoms with E-state index in [1.807, 2.05) is 23.1 Å². The largest absolute Gasteiger partial charge is 0.368 e. The quantitative estimate of drug-likeness (QED) is 0.601. The third-order valence-corrected chi connectivity index (χ3v) is 6.00. The summed E-state index contributed by atoms with van der Waals surface area (Å²) in [6.07, 6.45) is 0.398. The zero-order valence-electron chi connectivity index (χ0n) is 14.6. The number of amides is 2. The molecular formula is C17H21N5O2S2. The third kappa shape index (κ3) is 4.95. The van der Waals surface area contributed by atoms with Gasteiger partial charge in [-0.1, -0.05) is 48.2 Å². The van der Waals surface area contributed by atoms with Gasteiger partial charge in [-0.3, -0.25) is 9.59 Å². The van der Waals surface area contributed by atoms with Gasteiger partial charge < -0.3 is 15.1 Å². The van der Waals surface area contributed by atoms with E-state index in [4.69, 9.17) is 0 Å². The van der Waals surface area contributed by atoms with Gasteiger partial charge >= 0.3 is 0 Å². The maximum absolute atomic E-state index is 12.4. The van der Waals surface area contributed by atoms with Gasteiger partial charge in [-0.05, 0) is 12.1 Å². The predicted molar refractivity (Wildman–Crippen MR) is 105 cm³/mol. The Morgan fingerprint density at radius 2 is 1.88 bits per heavy atom. The fourth-order valence-electron chi connectivity index (χ4n) is 2.59. The van der Waals surface area contributed by atoms with Gasteiger partial charge in [-0.15, -0.1) is 10.2 Å². The highest BCUT2D eigenvalue weighted by molar-refractivity contribution is 8.01. The van der Waals surface area contributed by atoms with Crippen molar-refractivity contribution in [2.24, 2.45) is 0 Å². The number of para-hydroxylation sites is 1. The van der Waals surface area contributed by atoms with E-state index in [9.17, 15) is 9.59 Å². The Bertz CT molecular complexity index is 745. The molecule has 1 fully saturated rings. The third-order valence-electron chi connectivity index (χ3n) is 4.05. The van der Waals surface area contributed by atoms with E-state index >= 15 is 0 Å². The van der Waals surface area contributed by atoms with Crippen molar-refractivity contribution >= 4 is 45.7 Å². The number of piperazine rings is 1. The number of hydrogen-bond donors (Lipinski definition) is 1. The molecule has 0 bridgehead atoms. The first-order valence-electron chi connectivity index (χ1n) is 8.49. The highest BCUT2D eigenvalue weighted by Crippen LogP contribution is 2.26. The first-order valence-corrected chi connectivity index (χ1v) is 10.3. The number of nitrogens with zero attached hydrogens (tertiary/aromatic N) is 4. The van der Waals surface area contributed by atoms with Crippen molar-refractivity contribution in [1.29, 1.82) is 0 Å². The van der Waals surface area contributed by atoms with Gasteiger partial charge in [0.1, 0.15) is 0 Å². The summed E-state index contributed by atoms with van der Waals surface area (Å²) in [4.78, 5) is 28.0. The average Bonchev–Trinajstić information content (AvgIpc) is 3.14. The Labute approximate surface area is 160 Å². The Morgan fingerprint density at radius 3 is 2.58 bits per heavy atom. The molecule has 9 heteroatoms. The minimum absolute atomic E-state index is 0.0925.